The van der Waals surface area contributed by atoms with Crippen LogP contribution in [0.5, 0.6) is 0 Å². The fourth-order valence-electron chi connectivity index (χ4n) is 1.50. The molecule has 1 heterocycles. The highest BCUT2D eigenvalue weighted by Crippen LogP contribution is 2.14. The molecule has 0 saturated heterocycles. The summed E-state index contributed by atoms with van der Waals surface area (Å²) < 4.78 is 27.4. The average molecular weight is 303 g/mol. The van der Waals surface area contributed by atoms with Crippen LogP contribution in [0.25, 0.3) is 0 Å². The highest BCUT2D eigenvalue weighted by atomic mass is 32.2. The number of hydrogen-bond acceptors (Lipinski definition) is 4. The minimum absolute atomic E-state index is 0.0735. The Morgan fingerprint density at radius 1 is 1.40 bits per heavy atom. The molecule has 20 heavy (non-hydrogen) atoms. The molecule has 0 radical (unpaired) electrons. The molecule has 0 saturated carbocycles. The van der Waals surface area contributed by atoms with E-state index in [1.54, 1.807) is 21.1 Å². The predicted molar refractivity (Wildman–Crippen MR) is 70.9 cm³/mol. The third kappa shape index (κ3) is 3.81. The summed E-state index contributed by atoms with van der Waals surface area (Å²) in [6.07, 6.45) is 0.995. The van der Waals surface area contributed by atoms with Gasteiger partial charge in [-0.05, 0) is 6.07 Å². The number of rotatable bonds is 6. The molecule has 1 aromatic rings. The number of aryl methyl sites for hydroxylation is 1. The summed E-state index contributed by atoms with van der Waals surface area (Å²) in [6, 6.07) is 1.26. The van der Waals surface area contributed by atoms with Crippen molar-refractivity contribution in [2.24, 2.45) is 7.05 Å². The Balaban J connectivity index is 2.94. The van der Waals surface area contributed by atoms with Gasteiger partial charge in [-0.3, -0.25) is 9.59 Å². The van der Waals surface area contributed by atoms with Gasteiger partial charge in [0.25, 0.3) is 5.91 Å². The fraction of sp³-hybridized carbons (Fsp3) is 0.455. The Hall–Kier alpha value is -1.87. The smallest absolute Gasteiger partial charge is 0.304 e. The monoisotopic (exact) mass is 303 g/mol. The molecule has 0 bridgehead atoms. The van der Waals surface area contributed by atoms with Crippen LogP contribution in [-0.4, -0.2) is 55.5 Å². The third-order valence-electron chi connectivity index (χ3n) is 2.55. The van der Waals surface area contributed by atoms with Gasteiger partial charge >= 0.3 is 5.97 Å². The van der Waals surface area contributed by atoms with Crippen molar-refractivity contribution in [2.75, 3.05) is 20.6 Å². The number of carbonyl (C=O) groups is 2. The van der Waals surface area contributed by atoms with Crippen molar-refractivity contribution in [3.05, 3.63) is 18.0 Å². The Labute approximate surface area is 117 Å². The van der Waals surface area contributed by atoms with Gasteiger partial charge < -0.3 is 14.6 Å². The molecule has 0 fully saturated rings. The van der Waals surface area contributed by atoms with E-state index in [9.17, 15) is 18.0 Å². The van der Waals surface area contributed by atoms with E-state index in [1.807, 2.05) is 0 Å². The summed E-state index contributed by atoms with van der Waals surface area (Å²) in [7, 11) is 0.869. The second kappa shape index (κ2) is 6.06. The topological polar surface area (TPSA) is 109 Å². The standard InChI is InChI=1S/C11H17N3O5S/c1-13(2)11(17)9-6-8(7-14(9)3)20(18,19)12-5-4-10(15)16/h6-7,12H,4-5H2,1-3H3,(H,15,16). The van der Waals surface area contributed by atoms with Crippen LogP contribution < -0.4 is 4.72 Å². The largest absolute Gasteiger partial charge is 0.481 e. The van der Waals surface area contributed by atoms with Gasteiger partial charge in [0.1, 0.15) is 10.6 Å². The number of hydrogen-bond donors (Lipinski definition) is 2. The van der Waals surface area contributed by atoms with Gasteiger partial charge in [-0.2, -0.15) is 0 Å². The zero-order chi connectivity index (χ0) is 15.5. The summed E-state index contributed by atoms with van der Waals surface area (Å²) in [5, 5.41) is 8.47. The van der Waals surface area contributed by atoms with Gasteiger partial charge in [0.2, 0.25) is 10.0 Å². The molecule has 1 rings (SSSR count). The zero-order valence-electron chi connectivity index (χ0n) is 11.5. The molecule has 2 N–H and O–H groups in total. The molecule has 0 aromatic carbocycles. The van der Waals surface area contributed by atoms with Gasteiger partial charge in [0, 0.05) is 33.9 Å². The average Bonchev–Trinajstić information content (AvgIpc) is 2.70. The van der Waals surface area contributed by atoms with E-state index in [4.69, 9.17) is 5.11 Å². The Morgan fingerprint density at radius 2 is 2.00 bits per heavy atom. The van der Waals surface area contributed by atoms with Crippen molar-refractivity contribution in [1.29, 1.82) is 0 Å². The molecule has 0 spiro atoms. The van der Waals surface area contributed by atoms with E-state index in [0.717, 1.165) is 0 Å². The lowest BCUT2D eigenvalue weighted by Gasteiger charge is -2.09. The molecule has 0 aliphatic rings. The van der Waals surface area contributed by atoms with E-state index >= 15 is 0 Å². The highest BCUT2D eigenvalue weighted by molar-refractivity contribution is 7.89. The van der Waals surface area contributed by atoms with E-state index in [1.165, 1.54) is 21.7 Å². The summed E-state index contributed by atoms with van der Waals surface area (Å²) in [6.45, 7) is -0.205. The van der Waals surface area contributed by atoms with Crippen molar-refractivity contribution in [3.8, 4) is 0 Å². The molecule has 1 aromatic heterocycles. The van der Waals surface area contributed by atoms with Crippen molar-refractivity contribution in [1.82, 2.24) is 14.2 Å². The molecule has 1 amide bonds. The van der Waals surface area contributed by atoms with Crippen LogP contribution in [0.3, 0.4) is 0 Å². The number of carboxylic acids is 1. The van der Waals surface area contributed by atoms with E-state index in [2.05, 4.69) is 4.72 Å². The lowest BCUT2D eigenvalue weighted by Crippen LogP contribution is -2.26. The summed E-state index contributed by atoms with van der Waals surface area (Å²) in [5.74, 6) is -1.41. The van der Waals surface area contributed by atoms with Gasteiger partial charge in [-0.1, -0.05) is 0 Å². The molecule has 0 aliphatic carbocycles. The van der Waals surface area contributed by atoms with Crippen LogP contribution in [-0.2, 0) is 21.9 Å². The Bertz CT molecular complexity index is 618. The number of sulfonamides is 1. The number of nitrogens with zero attached hydrogens (tertiary/aromatic N) is 2. The van der Waals surface area contributed by atoms with Crippen molar-refractivity contribution in [3.63, 3.8) is 0 Å². The first kappa shape index (κ1) is 16.2. The normalized spacial score (nSPS) is 11.3. The Morgan fingerprint density at radius 3 is 2.50 bits per heavy atom. The first-order valence-corrected chi connectivity index (χ1v) is 7.23. The Kier molecular flexibility index (Phi) is 4.90. The van der Waals surface area contributed by atoms with Crippen molar-refractivity contribution < 1.29 is 23.1 Å². The van der Waals surface area contributed by atoms with E-state index < -0.39 is 16.0 Å². The second-order valence-electron chi connectivity index (χ2n) is 4.41. The van der Waals surface area contributed by atoms with Gasteiger partial charge in [-0.15, -0.1) is 0 Å². The zero-order valence-corrected chi connectivity index (χ0v) is 12.3. The molecular weight excluding hydrogens is 286 g/mol. The fourth-order valence-corrected chi connectivity index (χ4v) is 2.60. The number of aliphatic carboxylic acids is 1. The molecule has 0 aliphatic heterocycles. The van der Waals surface area contributed by atoms with Crippen molar-refractivity contribution in [2.45, 2.75) is 11.3 Å². The quantitative estimate of drug-likeness (QED) is 0.735. The lowest BCUT2D eigenvalue weighted by molar-refractivity contribution is -0.136. The van der Waals surface area contributed by atoms with Gasteiger partial charge in [-0.25, -0.2) is 13.1 Å². The molecule has 9 heteroatoms. The number of nitrogens with one attached hydrogen (secondary N) is 1. The summed E-state index contributed by atoms with van der Waals surface area (Å²) in [5.41, 5.74) is 0.230. The van der Waals surface area contributed by atoms with E-state index in [0.29, 0.717) is 0 Å². The number of carboxylic acid groups (broad SMARTS) is 1. The van der Waals surface area contributed by atoms with Crippen LogP contribution in [0.4, 0.5) is 0 Å². The van der Waals surface area contributed by atoms with Crippen LogP contribution in [0.2, 0.25) is 0 Å². The van der Waals surface area contributed by atoms with Crippen LogP contribution in [0, 0.1) is 0 Å². The minimum atomic E-state index is -3.82. The second-order valence-corrected chi connectivity index (χ2v) is 6.18. The summed E-state index contributed by atoms with van der Waals surface area (Å²) in [4.78, 5) is 23.4. The first-order valence-electron chi connectivity index (χ1n) is 5.74. The molecule has 0 unspecified atom stereocenters. The lowest BCUT2D eigenvalue weighted by atomic mass is 10.4. The third-order valence-corrected chi connectivity index (χ3v) is 3.97. The van der Waals surface area contributed by atoms with Gasteiger partial charge in [0.05, 0.1) is 6.42 Å². The molecular formula is C11H17N3O5S. The van der Waals surface area contributed by atoms with E-state index in [-0.39, 0.29) is 29.5 Å². The molecule has 8 nitrogen and oxygen atoms in total. The van der Waals surface area contributed by atoms with Crippen molar-refractivity contribution >= 4 is 21.9 Å². The number of amides is 1. The van der Waals surface area contributed by atoms with Crippen LogP contribution >= 0.6 is 0 Å². The SMILES string of the molecule is CN(C)C(=O)c1cc(S(=O)(=O)NCCC(=O)O)cn1C. The van der Waals surface area contributed by atoms with Gasteiger partial charge in [0.15, 0.2) is 0 Å². The minimum Gasteiger partial charge on any atom is -0.481 e. The maximum absolute atomic E-state index is 11.9. The van der Waals surface area contributed by atoms with Crippen LogP contribution in [0.1, 0.15) is 16.9 Å². The maximum atomic E-state index is 11.9. The first-order chi connectivity index (χ1) is 9.15. The van der Waals surface area contributed by atoms with Crippen LogP contribution in [0.15, 0.2) is 17.2 Å². The molecule has 0 atom stereocenters. The number of carbonyl (C=O) groups excluding carboxylic acids is 1. The highest BCUT2D eigenvalue weighted by Gasteiger charge is 2.21. The summed E-state index contributed by atoms with van der Waals surface area (Å²) >= 11 is 0. The predicted octanol–water partition coefficient (Wildman–Crippen LogP) is -0.520. The maximum Gasteiger partial charge on any atom is 0.304 e. The molecule has 112 valence electrons. The number of aromatic nitrogens is 1.